The number of carbonyl (C=O) groups excluding carboxylic acids is 1. The van der Waals surface area contributed by atoms with Crippen LogP contribution < -0.4 is 9.62 Å². The molecule has 1 aromatic carbocycles. The Morgan fingerprint density at radius 2 is 1.76 bits per heavy atom. The third kappa shape index (κ3) is 6.14. The SMILES string of the molecule is CN(C)CCNC(=O)CCS(=O)(=O)N(C)c1ccccc1. The number of nitrogens with one attached hydrogen (secondary N) is 1. The van der Waals surface area contributed by atoms with E-state index < -0.39 is 10.0 Å². The van der Waals surface area contributed by atoms with Crippen LogP contribution in [0.5, 0.6) is 0 Å². The lowest BCUT2D eigenvalue weighted by Gasteiger charge is -2.19. The average molecular weight is 313 g/mol. The maximum atomic E-state index is 12.2. The van der Waals surface area contributed by atoms with Gasteiger partial charge in [-0.25, -0.2) is 8.42 Å². The zero-order valence-electron chi connectivity index (χ0n) is 12.7. The Bertz CT molecular complexity index is 544. The molecule has 21 heavy (non-hydrogen) atoms. The molecule has 0 saturated heterocycles. The summed E-state index contributed by atoms with van der Waals surface area (Å²) in [5.41, 5.74) is 0.588. The van der Waals surface area contributed by atoms with E-state index in [0.29, 0.717) is 12.2 Å². The van der Waals surface area contributed by atoms with Crippen molar-refractivity contribution in [1.29, 1.82) is 0 Å². The van der Waals surface area contributed by atoms with Crippen molar-refractivity contribution in [2.45, 2.75) is 6.42 Å². The quantitative estimate of drug-likeness (QED) is 0.760. The summed E-state index contributed by atoms with van der Waals surface area (Å²) >= 11 is 0. The van der Waals surface area contributed by atoms with Crippen LogP contribution in [0.4, 0.5) is 5.69 Å². The number of hydrogen-bond donors (Lipinski definition) is 1. The van der Waals surface area contributed by atoms with E-state index in [4.69, 9.17) is 0 Å². The Morgan fingerprint density at radius 3 is 2.33 bits per heavy atom. The molecule has 0 aromatic heterocycles. The number of benzene rings is 1. The molecule has 7 heteroatoms. The highest BCUT2D eigenvalue weighted by atomic mass is 32.2. The maximum absolute atomic E-state index is 12.2. The van der Waals surface area contributed by atoms with E-state index >= 15 is 0 Å². The molecule has 118 valence electrons. The van der Waals surface area contributed by atoms with Crippen molar-refractivity contribution in [2.75, 3.05) is 44.3 Å². The van der Waals surface area contributed by atoms with E-state index in [9.17, 15) is 13.2 Å². The van der Waals surface area contributed by atoms with Crippen LogP contribution in [-0.4, -0.2) is 59.2 Å². The number of nitrogens with zero attached hydrogens (tertiary/aromatic N) is 2. The summed E-state index contributed by atoms with van der Waals surface area (Å²) in [6, 6.07) is 8.80. The lowest BCUT2D eigenvalue weighted by molar-refractivity contribution is -0.120. The van der Waals surface area contributed by atoms with Gasteiger partial charge >= 0.3 is 0 Å². The van der Waals surface area contributed by atoms with E-state index in [1.807, 2.05) is 25.1 Å². The number of amides is 1. The molecule has 0 radical (unpaired) electrons. The van der Waals surface area contributed by atoms with Gasteiger partial charge in [-0.3, -0.25) is 9.10 Å². The molecule has 0 saturated carbocycles. The zero-order chi connectivity index (χ0) is 15.9. The topological polar surface area (TPSA) is 69.7 Å². The number of carbonyl (C=O) groups is 1. The molecule has 0 aliphatic rings. The molecule has 0 aliphatic carbocycles. The second-order valence-corrected chi connectivity index (χ2v) is 7.14. The Hall–Kier alpha value is -1.60. The van der Waals surface area contributed by atoms with Gasteiger partial charge in [0.05, 0.1) is 11.4 Å². The van der Waals surface area contributed by atoms with Crippen LogP contribution in [0.15, 0.2) is 30.3 Å². The van der Waals surface area contributed by atoms with Crippen LogP contribution in [-0.2, 0) is 14.8 Å². The molecule has 0 heterocycles. The molecule has 1 N–H and O–H groups in total. The van der Waals surface area contributed by atoms with E-state index in [0.717, 1.165) is 6.54 Å². The highest BCUT2D eigenvalue weighted by Crippen LogP contribution is 2.15. The number of anilines is 1. The average Bonchev–Trinajstić information content (AvgIpc) is 2.45. The van der Waals surface area contributed by atoms with Gasteiger partial charge in [-0.05, 0) is 26.2 Å². The van der Waals surface area contributed by atoms with Gasteiger partial charge in [0.15, 0.2) is 0 Å². The smallest absolute Gasteiger partial charge is 0.235 e. The summed E-state index contributed by atoms with van der Waals surface area (Å²) in [7, 11) is 1.82. The molecule has 0 unspecified atom stereocenters. The van der Waals surface area contributed by atoms with Crippen molar-refractivity contribution in [3.05, 3.63) is 30.3 Å². The first-order valence-electron chi connectivity index (χ1n) is 6.76. The first kappa shape index (κ1) is 17.5. The summed E-state index contributed by atoms with van der Waals surface area (Å²) in [6.45, 7) is 1.24. The van der Waals surface area contributed by atoms with Crippen LogP contribution >= 0.6 is 0 Å². The normalized spacial score (nSPS) is 11.4. The third-order valence-electron chi connectivity index (χ3n) is 3.01. The first-order chi connectivity index (χ1) is 9.83. The van der Waals surface area contributed by atoms with Crippen LogP contribution in [0, 0.1) is 0 Å². The Kier molecular flexibility index (Phi) is 6.64. The minimum absolute atomic E-state index is 0.0348. The summed E-state index contributed by atoms with van der Waals surface area (Å²) < 4.78 is 25.5. The summed E-state index contributed by atoms with van der Waals surface area (Å²) in [4.78, 5) is 13.6. The number of hydrogen-bond acceptors (Lipinski definition) is 4. The lowest BCUT2D eigenvalue weighted by Crippen LogP contribution is -2.34. The van der Waals surface area contributed by atoms with E-state index in [2.05, 4.69) is 5.32 Å². The van der Waals surface area contributed by atoms with E-state index in [-0.39, 0.29) is 18.1 Å². The number of likely N-dealkylation sites (N-methyl/N-ethyl adjacent to an activating group) is 1. The van der Waals surface area contributed by atoms with Crippen molar-refractivity contribution >= 4 is 21.6 Å². The minimum Gasteiger partial charge on any atom is -0.355 e. The summed E-state index contributed by atoms with van der Waals surface area (Å²) in [5.74, 6) is -0.450. The fourth-order valence-electron chi connectivity index (χ4n) is 1.66. The van der Waals surface area contributed by atoms with Gasteiger partial charge in [-0.2, -0.15) is 0 Å². The Balaban J connectivity index is 2.48. The zero-order valence-corrected chi connectivity index (χ0v) is 13.6. The predicted octanol–water partition coefficient (Wildman–Crippen LogP) is 0.521. The van der Waals surface area contributed by atoms with Crippen molar-refractivity contribution in [3.8, 4) is 0 Å². The molecule has 1 rings (SSSR count). The molecule has 0 spiro atoms. The largest absolute Gasteiger partial charge is 0.355 e. The van der Waals surface area contributed by atoms with Gasteiger partial charge < -0.3 is 10.2 Å². The molecule has 0 atom stereocenters. The maximum Gasteiger partial charge on any atom is 0.235 e. The monoisotopic (exact) mass is 313 g/mol. The van der Waals surface area contributed by atoms with Crippen LogP contribution in [0.3, 0.4) is 0 Å². The molecule has 0 aliphatic heterocycles. The first-order valence-corrected chi connectivity index (χ1v) is 8.37. The Morgan fingerprint density at radius 1 is 1.14 bits per heavy atom. The van der Waals surface area contributed by atoms with Gasteiger partial charge in [0.1, 0.15) is 0 Å². The highest BCUT2D eigenvalue weighted by Gasteiger charge is 2.19. The summed E-state index contributed by atoms with van der Waals surface area (Å²) in [6.07, 6.45) is -0.0348. The number of rotatable bonds is 8. The second-order valence-electron chi connectivity index (χ2n) is 5.02. The molecular formula is C14H23N3O3S. The van der Waals surface area contributed by atoms with Gasteiger partial charge in [-0.15, -0.1) is 0 Å². The van der Waals surface area contributed by atoms with Gasteiger partial charge in [0, 0.05) is 26.6 Å². The van der Waals surface area contributed by atoms with Crippen molar-refractivity contribution in [3.63, 3.8) is 0 Å². The summed E-state index contributed by atoms with van der Waals surface area (Å²) in [5, 5.41) is 2.70. The fourth-order valence-corrected chi connectivity index (χ4v) is 2.82. The standard InChI is InChI=1S/C14H23N3O3S/c1-16(2)11-10-15-14(18)9-12-21(19,20)17(3)13-7-5-4-6-8-13/h4-8H,9-12H2,1-3H3,(H,15,18). The van der Waals surface area contributed by atoms with Crippen molar-refractivity contribution in [2.24, 2.45) is 0 Å². The van der Waals surface area contributed by atoms with E-state index in [1.54, 1.807) is 24.3 Å². The molecule has 6 nitrogen and oxygen atoms in total. The molecular weight excluding hydrogens is 290 g/mol. The molecule has 1 amide bonds. The third-order valence-corrected chi connectivity index (χ3v) is 4.77. The number of para-hydroxylation sites is 1. The predicted molar refractivity (Wildman–Crippen MR) is 84.8 cm³/mol. The van der Waals surface area contributed by atoms with Crippen LogP contribution in [0.1, 0.15) is 6.42 Å². The molecule has 1 aromatic rings. The fraction of sp³-hybridized carbons (Fsp3) is 0.500. The van der Waals surface area contributed by atoms with Gasteiger partial charge in [0.2, 0.25) is 15.9 Å². The van der Waals surface area contributed by atoms with Crippen LogP contribution in [0.25, 0.3) is 0 Å². The van der Waals surface area contributed by atoms with Gasteiger partial charge in [0.25, 0.3) is 0 Å². The highest BCUT2D eigenvalue weighted by molar-refractivity contribution is 7.92. The van der Waals surface area contributed by atoms with Gasteiger partial charge in [-0.1, -0.05) is 18.2 Å². The van der Waals surface area contributed by atoms with Crippen LogP contribution in [0.2, 0.25) is 0 Å². The van der Waals surface area contributed by atoms with E-state index in [1.165, 1.54) is 11.4 Å². The van der Waals surface area contributed by atoms with Crippen molar-refractivity contribution in [1.82, 2.24) is 10.2 Å². The lowest BCUT2D eigenvalue weighted by atomic mass is 10.3. The molecule has 0 bridgehead atoms. The second kappa shape index (κ2) is 7.99. The van der Waals surface area contributed by atoms with Crippen molar-refractivity contribution < 1.29 is 13.2 Å². The Labute approximate surface area is 126 Å². The molecule has 0 fully saturated rings. The minimum atomic E-state index is -3.49. The number of sulfonamides is 1.